The van der Waals surface area contributed by atoms with Crippen LogP contribution >= 0.6 is 11.8 Å². The van der Waals surface area contributed by atoms with Gasteiger partial charge in [-0.25, -0.2) is 0 Å². The van der Waals surface area contributed by atoms with Gasteiger partial charge in [0.15, 0.2) is 0 Å². The number of carboxylic acids is 1. The van der Waals surface area contributed by atoms with Crippen LogP contribution in [0.2, 0.25) is 0 Å². The van der Waals surface area contributed by atoms with Crippen LogP contribution in [0.5, 0.6) is 0 Å². The zero-order valence-electron chi connectivity index (χ0n) is 11.4. The number of thioether (sulfide) groups is 1. The molecule has 0 aromatic heterocycles. The van der Waals surface area contributed by atoms with Crippen LogP contribution in [0.25, 0.3) is 0 Å². The van der Waals surface area contributed by atoms with Gasteiger partial charge in [-0.3, -0.25) is 4.79 Å². The molecule has 3 nitrogen and oxygen atoms in total. The second-order valence-corrected chi connectivity index (χ2v) is 6.23. The summed E-state index contributed by atoms with van der Waals surface area (Å²) in [5, 5.41) is 9.11. The van der Waals surface area contributed by atoms with E-state index in [0.29, 0.717) is 0 Å². The zero-order chi connectivity index (χ0) is 14.0. The summed E-state index contributed by atoms with van der Waals surface area (Å²) in [6.45, 7) is 5.66. The molecular weight excluding hydrogens is 246 g/mol. The molecule has 0 heterocycles. The van der Waals surface area contributed by atoms with Crippen LogP contribution in [0.4, 0.5) is 0 Å². The summed E-state index contributed by atoms with van der Waals surface area (Å²) in [5.41, 5.74) is 5.97. The van der Waals surface area contributed by atoms with Crippen molar-refractivity contribution in [3.8, 4) is 0 Å². The highest BCUT2D eigenvalue weighted by Crippen LogP contribution is 2.37. The van der Waals surface area contributed by atoms with E-state index in [1.165, 1.54) is 0 Å². The fraction of sp³-hybridized carbons (Fsp3) is 0.500. The molecule has 100 valence electrons. The van der Waals surface area contributed by atoms with Crippen LogP contribution in [-0.2, 0) is 10.2 Å². The Morgan fingerprint density at radius 2 is 1.78 bits per heavy atom. The van der Waals surface area contributed by atoms with Gasteiger partial charge in [0, 0.05) is 15.8 Å². The molecule has 1 atom stereocenters. The second-order valence-electron chi connectivity index (χ2n) is 5.35. The molecule has 3 N–H and O–H groups in total. The maximum absolute atomic E-state index is 11.1. The van der Waals surface area contributed by atoms with E-state index in [9.17, 15) is 4.79 Å². The number of hydrogen-bond donors (Lipinski definition) is 2. The number of nitrogens with two attached hydrogens (primary N) is 1. The Bertz CT molecular complexity index is 422. The van der Waals surface area contributed by atoms with Crippen molar-refractivity contribution in [2.45, 2.75) is 43.0 Å². The molecule has 0 saturated heterocycles. The molecular formula is C14H21NO2S. The summed E-state index contributed by atoms with van der Waals surface area (Å²) in [4.78, 5) is 12.3. The molecule has 0 bridgehead atoms. The maximum atomic E-state index is 11.1. The molecule has 1 aromatic carbocycles. The van der Waals surface area contributed by atoms with Crippen molar-refractivity contribution in [3.63, 3.8) is 0 Å². The smallest absolute Gasteiger partial charge is 0.304 e. The average molecular weight is 267 g/mol. The lowest BCUT2D eigenvalue weighted by Gasteiger charge is -2.41. The monoisotopic (exact) mass is 267 g/mol. The lowest BCUT2D eigenvalue weighted by molar-refractivity contribution is -0.139. The van der Waals surface area contributed by atoms with Crippen molar-refractivity contribution in [3.05, 3.63) is 29.8 Å². The molecule has 0 aliphatic heterocycles. The van der Waals surface area contributed by atoms with Crippen molar-refractivity contribution >= 4 is 17.7 Å². The van der Waals surface area contributed by atoms with Crippen molar-refractivity contribution < 1.29 is 9.90 Å². The van der Waals surface area contributed by atoms with Crippen LogP contribution < -0.4 is 5.73 Å². The van der Waals surface area contributed by atoms with Crippen LogP contribution in [0.1, 0.15) is 32.8 Å². The summed E-state index contributed by atoms with van der Waals surface area (Å²) in [7, 11) is 0. The van der Waals surface area contributed by atoms with Crippen LogP contribution in [-0.4, -0.2) is 22.9 Å². The number of aliphatic carboxylic acids is 1. The Hall–Kier alpha value is -1.00. The maximum Gasteiger partial charge on any atom is 0.304 e. The summed E-state index contributed by atoms with van der Waals surface area (Å²) >= 11 is 1.66. The van der Waals surface area contributed by atoms with Crippen molar-refractivity contribution in [1.82, 2.24) is 0 Å². The molecule has 0 spiro atoms. The molecule has 1 rings (SSSR count). The average Bonchev–Trinajstić information content (AvgIpc) is 2.26. The predicted molar refractivity (Wildman–Crippen MR) is 76.1 cm³/mol. The zero-order valence-corrected chi connectivity index (χ0v) is 12.2. The minimum Gasteiger partial charge on any atom is -0.481 e. The third kappa shape index (κ3) is 3.06. The van der Waals surface area contributed by atoms with Gasteiger partial charge >= 0.3 is 5.97 Å². The summed E-state index contributed by atoms with van der Waals surface area (Å²) in [6, 6.07) is 7.96. The number of carbonyl (C=O) groups is 1. The number of carboxylic acid groups (broad SMARTS) is 1. The van der Waals surface area contributed by atoms with E-state index in [2.05, 4.69) is 0 Å². The Morgan fingerprint density at radius 3 is 2.11 bits per heavy atom. The van der Waals surface area contributed by atoms with Gasteiger partial charge in [0.05, 0.1) is 6.42 Å². The topological polar surface area (TPSA) is 63.3 Å². The third-order valence-corrected chi connectivity index (χ3v) is 4.40. The van der Waals surface area contributed by atoms with Gasteiger partial charge in [0.2, 0.25) is 0 Å². The Labute approximate surface area is 113 Å². The molecule has 1 unspecified atom stereocenters. The van der Waals surface area contributed by atoms with E-state index in [1.54, 1.807) is 11.8 Å². The SMILES string of the molecule is CSc1ccc(C(C)(CC(=O)O)C(C)(C)N)cc1. The van der Waals surface area contributed by atoms with Gasteiger partial charge in [-0.1, -0.05) is 19.1 Å². The van der Waals surface area contributed by atoms with Crippen molar-refractivity contribution in [2.24, 2.45) is 5.73 Å². The minimum atomic E-state index is -0.829. The van der Waals surface area contributed by atoms with Gasteiger partial charge in [0.25, 0.3) is 0 Å². The minimum absolute atomic E-state index is 0.0229. The summed E-state index contributed by atoms with van der Waals surface area (Å²) < 4.78 is 0. The molecule has 18 heavy (non-hydrogen) atoms. The van der Waals surface area contributed by atoms with Gasteiger partial charge in [-0.05, 0) is 37.8 Å². The molecule has 0 saturated carbocycles. The van der Waals surface area contributed by atoms with Crippen LogP contribution in [0.3, 0.4) is 0 Å². The Balaban J connectivity index is 3.21. The largest absolute Gasteiger partial charge is 0.481 e. The van der Waals surface area contributed by atoms with Gasteiger partial charge in [-0.2, -0.15) is 0 Å². The van der Waals surface area contributed by atoms with E-state index in [4.69, 9.17) is 10.8 Å². The van der Waals surface area contributed by atoms with Crippen molar-refractivity contribution in [2.75, 3.05) is 6.26 Å². The Morgan fingerprint density at radius 1 is 1.28 bits per heavy atom. The number of hydrogen-bond acceptors (Lipinski definition) is 3. The summed E-state index contributed by atoms with van der Waals surface area (Å²) in [6.07, 6.45) is 2.04. The van der Waals surface area contributed by atoms with E-state index >= 15 is 0 Å². The van der Waals surface area contributed by atoms with E-state index in [0.717, 1.165) is 10.5 Å². The lowest BCUT2D eigenvalue weighted by Crippen LogP contribution is -2.53. The molecule has 4 heteroatoms. The Kier molecular flexibility index (Phi) is 4.46. The first-order valence-electron chi connectivity index (χ1n) is 5.86. The first-order valence-corrected chi connectivity index (χ1v) is 7.08. The third-order valence-electron chi connectivity index (χ3n) is 3.65. The number of rotatable bonds is 5. The van der Waals surface area contributed by atoms with Crippen LogP contribution in [0.15, 0.2) is 29.2 Å². The molecule has 0 radical (unpaired) electrons. The van der Waals surface area contributed by atoms with E-state index in [1.807, 2.05) is 51.3 Å². The molecule has 0 fully saturated rings. The predicted octanol–water partition coefficient (Wildman–Crippen LogP) is 2.88. The van der Waals surface area contributed by atoms with E-state index in [-0.39, 0.29) is 6.42 Å². The normalized spacial score (nSPS) is 15.2. The number of benzene rings is 1. The molecule has 0 amide bonds. The van der Waals surface area contributed by atoms with Crippen molar-refractivity contribution in [1.29, 1.82) is 0 Å². The van der Waals surface area contributed by atoms with Gasteiger partial charge < -0.3 is 10.8 Å². The van der Waals surface area contributed by atoms with Gasteiger partial charge in [-0.15, -0.1) is 11.8 Å². The molecule has 0 aliphatic carbocycles. The highest BCUT2D eigenvalue weighted by atomic mass is 32.2. The second kappa shape index (κ2) is 5.33. The molecule has 1 aromatic rings. The fourth-order valence-electron chi connectivity index (χ4n) is 1.96. The van der Waals surface area contributed by atoms with E-state index < -0.39 is 16.9 Å². The van der Waals surface area contributed by atoms with Crippen LogP contribution in [0, 0.1) is 0 Å². The fourth-order valence-corrected chi connectivity index (χ4v) is 2.37. The summed E-state index contributed by atoms with van der Waals surface area (Å²) in [5.74, 6) is -0.829. The quantitative estimate of drug-likeness (QED) is 0.805. The standard InChI is InChI=1S/C14H21NO2S/c1-13(2,15)14(3,9-12(16)17)10-5-7-11(18-4)8-6-10/h5-8H,9,15H2,1-4H3,(H,16,17). The highest BCUT2D eigenvalue weighted by Gasteiger charge is 2.41. The molecule has 0 aliphatic rings. The lowest BCUT2D eigenvalue weighted by atomic mass is 9.66. The highest BCUT2D eigenvalue weighted by molar-refractivity contribution is 7.98. The first-order chi connectivity index (χ1) is 8.20. The first kappa shape index (κ1) is 15.1. The van der Waals surface area contributed by atoms with Gasteiger partial charge in [0.1, 0.15) is 0 Å².